The summed E-state index contributed by atoms with van der Waals surface area (Å²) in [5, 5.41) is 4.29. The summed E-state index contributed by atoms with van der Waals surface area (Å²) < 4.78 is 40.5. The summed E-state index contributed by atoms with van der Waals surface area (Å²) in [4.78, 5) is 0. The highest BCUT2D eigenvalue weighted by atomic mass is 35.5. The Morgan fingerprint density at radius 2 is 1.72 bits per heavy atom. The van der Waals surface area contributed by atoms with E-state index in [9.17, 15) is 13.2 Å². The fraction of sp³-hybridized carbons (Fsp3) is 0.263. The van der Waals surface area contributed by atoms with E-state index in [1.165, 1.54) is 6.07 Å². The van der Waals surface area contributed by atoms with E-state index in [4.69, 9.17) is 23.2 Å². The van der Waals surface area contributed by atoms with Crippen LogP contribution in [0.4, 0.5) is 18.9 Å². The van der Waals surface area contributed by atoms with E-state index >= 15 is 0 Å². The van der Waals surface area contributed by atoms with E-state index in [-0.39, 0.29) is 17.4 Å². The molecule has 2 aromatic rings. The van der Waals surface area contributed by atoms with Crippen molar-refractivity contribution in [1.82, 2.24) is 0 Å². The zero-order valence-corrected chi connectivity index (χ0v) is 14.5. The molecule has 0 saturated heterocycles. The lowest BCUT2D eigenvalue weighted by Crippen LogP contribution is -2.31. The van der Waals surface area contributed by atoms with Crippen LogP contribution in [0.1, 0.15) is 35.1 Å². The molecule has 6 heteroatoms. The molecule has 0 amide bonds. The second kappa shape index (κ2) is 5.96. The van der Waals surface area contributed by atoms with Crippen LogP contribution < -0.4 is 5.32 Å². The second-order valence-electron chi connectivity index (χ2n) is 6.38. The average molecular weight is 384 g/mol. The monoisotopic (exact) mass is 383 g/mol. The molecule has 0 aromatic heterocycles. The van der Waals surface area contributed by atoms with Gasteiger partial charge in [-0.25, -0.2) is 0 Å². The average Bonchev–Trinajstić information content (AvgIpc) is 3.06. The first-order chi connectivity index (χ1) is 11.9. The minimum atomic E-state index is -4.40. The van der Waals surface area contributed by atoms with Gasteiger partial charge in [-0.1, -0.05) is 53.6 Å². The number of hydrogen-bond acceptors (Lipinski definition) is 1. The number of anilines is 1. The third kappa shape index (κ3) is 2.72. The van der Waals surface area contributed by atoms with Gasteiger partial charge in [0.2, 0.25) is 0 Å². The van der Waals surface area contributed by atoms with E-state index in [1.807, 2.05) is 12.2 Å². The molecular weight excluding hydrogens is 370 g/mol. The first-order valence-corrected chi connectivity index (χ1v) is 8.70. The first-order valence-electron chi connectivity index (χ1n) is 7.95. The van der Waals surface area contributed by atoms with Crippen LogP contribution in [0.2, 0.25) is 10.0 Å². The van der Waals surface area contributed by atoms with Crippen molar-refractivity contribution in [2.24, 2.45) is 5.92 Å². The molecule has 3 atom stereocenters. The molecule has 2 aromatic carbocycles. The predicted octanol–water partition coefficient (Wildman–Crippen LogP) is 6.84. The van der Waals surface area contributed by atoms with Gasteiger partial charge in [-0.3, -0.25) is 0 Å². The topological polar surface area (TPSA) is 12.0 Å². The predicted molar refractivity (Wildman–Crippen MR) is 94.3 cm³/mol. The molecule has 1 N–H and O–H groups in total. The highest BCUT2D eigenvalue weighted by molar-refractivity contribution is 6.36. The van der Waals surface area contributed by atoms with Gasteiger partial charge in [0.25, 0.3) is 0 Å². The molecule has 1 aliphatic carbocycles. The normalized spacial score (nSPS) is 24.6. The van der Waals surface area contributed by atoms with Crippen molar-refractivity contribution in [3.8, 4) is 0 Å². The zero-order chi connectivity index (χ0) is 17.8. The SMILES string of the molecule is FC(F)(F)c1ccccc1[C@@H]1Nc2c(Cl)ccc(Cl)c2[C@H]2C=CC[C@H]21. The fourth-order valence-corrected chi connectivity index (χ4v) is 4.47. The Kier molecular flexibility index (Phi) is 4.00. The van der Waals surface area contributed by atoms with E-state index in [0.717, 1.165) is 11.6 Å². The van der Waals surface area contributed by atoms with Gasteiger partial charge in [0.05, 0.1) is 22.3 Å². The molecular formula is C19H14Cl2F3N. The number of hydrogen-bond donors (Lipinski definition) is 1. The maximum atomic E-state index is 13.5. The van der Waals surface area contributed by atoms with Gasteiger partial charge in [0.1, 0.15) is 0 Å². The molecule has 0 spiro atoms. The van der Waals surface area contributed by atoms with Crippen LogP contribution in [-0.4, -0.2) is 0 Å². The summed E-state index contributed by atoms with van der Waals surface area (Å²) in [6.45, 7) is 0. The van der Waals surface area contributed by atoms with E-state index in [1.54, 1.807) is 24.3 Å². The third-order valence-corrected chi connectivity index (χ3v) is 5.66. The lowest BCUT2D eigenvalue weighted by atomic mass is 9.76. The van der Waals surface area contributed by atoms with Crippen LogP contribution >= 0.6 is 23.2 Å². The molecule has 25 heavy (non-hydrogen) atoms. The molecule has 0 saturated carbocycles. The van der Waals surface area contributed by atoms with Gasteiger partial charge >= 0.3 is 6.18 Å². The van der Waals surface area contributed by atoms with Gasteiger partial charge in [-0.15, -0.1) is 0 Å². The molecule has 0 bridgehead atoms. The fourth-order valence-electron chi connectivity index (χ4n) is 3.96. The maximum absolute atomic E-state index is 13.5. The molecule has 0 fully saturated rings. The Bertz CT molecular complexity index is 860. The number of halogens is 5. The molecule has 0 radical (unpaired) electrons. The number of allylic oxidation sites excluding steroid dienone is 2. The summed E-state index contributed by atoms with van der Waals surface area (Å²) in [5.74, 6) is -0.0827. The largest absolute Gasteiger partial charge is 0.416 e. The summed E-state index contributed by atoms with van der Waals surface area (Å²) in [6, 6.07) is 8.64. The minimum Gasteiger partial charge on any atom is -0.376 e. The summed E-state index contributed by atoms with van der Waals surface area (Å²) in [5.41, 5.74) is 1.13. The molecule has 1 aliphatic heterocycles. The van der Waals surface area contributed by atoms with Crippen molar-refractivity contribution in [2.45, 2.75) is 24.6 Å². The number of benzene rings is 2. The smallest absolute Gasteiger partial charge is 0.376 e. The lowest BCUT2D eigenvalue weighted by Gasteiger charge is -2.39. The summed E-state index contributed by atoms with van der Waals surface area (Å²) in [6.07, 6.45) is 0.317. The molecule has 0 unspecified atom stereocenters. The quantitative estimate of drug-likeness (QED) is 0.531. The number of alkyl halides is 3. The first kappa shape index (κ1) is 16.8. The van der Waals surface area contributed by atoms with Crippen LogP contribution in [0.5, 0.6) is 0 Å². The third-order valence-electron chi connectivity index (χ3n) is 5.02. The van der Waals surface area contributed by atoms with Crippen LogP contribution in [0.25, 0.3) is 0 Å². The van der Waals surface area contributed by atoms with Gasteiger partial charge < -0.3 is 5.32 Å². The molecule has 1 nitrogen and oxygen atoms in total. The van der Waals surface area contributed by atoms with Crippen molar-refractivity contribution in [1.29, 1.82) is 0 Å². The highest BCUT2D eigenvalue weighted by Crippen LogP contribution is 2.54. The van der Waals surface area contributed by atoms with E-state index in [2.05, 4.69) is 5.32 Å². The van der Waals surface area contributed by atoms with Crippen molar-refractivity contribution >= 4 is 28.9 Å². The Balaban J connectivity index is 1.88. The Hall–Kier alpha value is -1.65. The van der Waals surface area contributed by atoms with Crippen LogP contribution in [-0.2, 0) is 6.18 Å². The summed E-state index contributed by atoms with van der Waals surface area (Å²) in [7, 11) is 0. The van der Waals surface area contributed by atoms with Gasteiger partial charge in [0, 0.05) is 16.5 Å². The molecule has 1 heterocycles. The minimum absolute atomic E-state index is 0.0352. The molecule has 130 valence electrons. The highest BCUT2D eigenvalue weighted by Gasteiger charge is 2.43. The van der Waals surface area contributed by atoms with Crippen LogP contribution in [0.15, 0.2) is 48.6 Å². The second-order valence-corrected chi connectivity index (χ2v) is 7.19. The maximum Gasteiger partial charge on any atom is 0.416 e. The van der Waals surface area contributed by atoms with Crippen molar-refractivity contribution in [2.75, 3.05) is 5.32 Å². The van der Waals surface area contributed by atoms with Crippen molar-refractivity contribution in [3.05, 3.63) is 75.3 Å². The Morgan fingerprint density at radius 3 is 2.48 bits per heavy atom. The lowest BCUT2D eigenvalue weighted by molar-refractivity contribution is -0.138. The summed E-state index contributed by atoms with van der Waals surface area (Å²) >= 11 is 12.7. The van der Waals surface area contributed by atoms with Gasteiger partial charge in [0.15, 0.2) is 0 Å². The number of fused-ring (bicyclic) bond motifs is 3. The molecule has 4 rings (SSSR count). The van der Waals surface area contributed by atoms with Gasteiger partial charge in [-0.2, -0.15) is 13.2 Å². The Labute approximate surface area is 153 Å². The zero-order valence-electron chi connectivity index (χ0n) is 12.9. The van der Waals surface area contributed by atoms with Crippen LogP contribution in [0.3, 0.4) is 0 Å². The van der Waals surface area contributed by atoms with Crippen molar-refractivity contribution in [3.63, 3.8) is 0 Å². The van der Waals surface area contributed by atoms with Crippen LogP contribution in [0, 0.1) is 5.92 Å². The van der Waals surface area contributed by atoms with E-state index < -0.39 is 17.8 Å². The van der Waals surface area contributed by atoms with Crippen molar-refractivity contribution < 1.29 is 13.2 Å². The standard InChI is InChI=1S/C19H14Cl2F3N/c20-14-8-9-15(21)18-16(14)10-5-3-6-11(10)17(25-18)12-4-1-2-7-13(12)19(22,23)24/h1-5,7-11,17,25H,6H2/t10-,11+,17+/m0/s1. The molecule has 2 aliphatic rings. The number of rotatable bonds is 1. The van der Waals surface area contributed by atoms with Gasteiger partial charge in [-0.05, 0) is 36.1 Å². The number of nitrogens with one attached hydrogen (secondary N) is 1. The van der Waals surface area contributed by atoms with E-state index in [0.29, 0.717) is 22.2 Å². The Morgan fingerprint density at radius 1 is 1.00 bits per heavy atom.